The smallest absolute Gasteiger partial charge is 0.323 e. The van der Waals surface area contributed by atoms with E-state index in [1.807, 2.05) is 36.4 Å². The fourth-order valence-electron chi connectivity index (χ4n) is 7.23. The van der Waals surface area contributed by atoms with Crippen LogP contribution in [-0.2, 0) is 35.5 Å². The zero-order valence-electron chi connectivity index (χ0n) is 29.3. The predicted molar refractivity (Wildman–Crippen MR) is 201 cm³/mol. The van der Waals surface area contributed by atoms with E-state index in [1.54, 1.807) is 14.2 Å². The molecule has 2 aliphatic carbocycles. The molecule has 0 bridgehead atoms. The number of aliphatic carboxylic acids is 2. The Morgan fingerprint density at radius 2 is 1.04 bits per heavy atom. The molecule has 0 unspecified atom stereocenters. The molecule has 2 atom stereocenters. The first-order valence-electron chi connectivity index (χ1n) is 17.4. The van der Waals surface area contributed by atoms with Gasteiger partial charge in [0.05, 0.1) is 27.4 Å². The lowest BCUT2D eigenvalue weighted by Gasteiger charge is -2.15. The lowest BCUT2D eigenvalue weighted by Crippen LogP contribution is -2.39. The summed E-state index contributed by atoms with van der Waals surface area (Å²) in [7, 11) is 3.19. The van der Waals surface area contributed by atoms with E-state index in [9.17, 15) is 30.0 Å². The van der Waals surface area contributed by atoms with Crippen molar-refractivity contribution in [1.82, 2.24) is 10.6 Å². The van der Waals surface area contributed by atoms with Crippen LogP contribution in [0.4, 0.5) is 0 Å². The first-order valence-corrected chi connectivity index (χ1v) is 17.4. The number of aliphatic hydroxyl groups excluding tert-OH is 2. The second kappa shape index (κ2) is 16.4. The van der Waals surface area contributed by atoms with Crippen molar-refractivity contribution in [2.75, 3.05) is 27.4 Å². The number of allylic oxidation sites excluding steroid dienone is 2. The van der Waals surface area contributed by atoms with Crippen molar-refractivity contribution < 1.29 is 39.5 Å². The Morgan fingerprint density at radius 3 is 1.40 bits per heavy atom. The quantitative estimate of drug-likeness (QED) is 0.0945. The zero-order valence-corrected chi connectivity index (χ0v) is 29.3. The zero-order chi connectivity index (χ0) is 36.8. The number of carboxylic acid groups (broad SMARTS) is 2. The molecule has 0 aliphatic heterocycles. The number of rotatable bonds is 15. The molecular formula is C42H44N2O8. The molecule has 6 rings (SSSR count). The summed E-state index contributed by atoms with van der Waals surface area (Å²) in [5, 5.41) is 42.9. The van der Waals surface area contributed by atoms with Gasteiger partial charge in [-0.25, -0.2) is 0 Å². The number of methoxy groups -OCH3 is 2. The Balaban J connectivity index is 1.24. The van der Waals surface area contributed by atoms with Crippen LogP contribution < -0.4 is 20.1 Å². The molecule has 10 heteroatoms. The van der Waals surface area contributed by atoms with Crippen LogP contribution in [0.1, 0.15) is 57.3 Å². The minimum atomic E-state index is -1.10. The van der Waals surface area contributed by atoms with Crippen molar-refractivity contribution in [1.29, 1.82) is 0 Å². The van der Waals surface area contributed by atoms with E-state index >= 15 is 0 Å². The normalized spacial score (nSPS) is 16.1. The monoisotopic (exact) mass is 704 g/mol. The first kappa shape index (κ1) is 36.5. The summed E-state index contributed by atoms with van der Waals surface area (Å²) < 4.78 is 11.3. The van der Waals surface area contributed by atoms with Crippen LogP contribution >= 0.6 is 0 Å². The van der Waals surface area contributed by atoms with Gasteiger partial charge in [-0.3, -0.25) is 20.2 Å². The summed E-state index contributed by atoms with van der Waals surface area (Å²) in [6.07, 6.45) is 8.11. The van der Waals surface area contributed by atoms with Gasteiger partial charge in [-0.1, -0.05) is 72.8 Å². The van der Waals surface area contributed by atoms with Gasteiger partial charge in [-0.15, -0.1) is 0 Å². The third kappa shape index (κ3) is 7.80. The standard InChI is InChI=1S/C42H44N2O8/c1-51-39-19-25(9-11-29(39)21-43-37(23-45)41(47)48)17-27-13-15-35-31(27)5-3-7-33(35)34-8-4-6-32-28(14-16-36(32)34)18-26-10-12-30(40(20-26)52-2)22-44-38(24-46)42(49)50/h3-12,17-20,37-38,43-46H,13-16,21-24H2,1-2H3,(H,47,48)(H,49,50)/b27-17+,28-18+/t37-,38-/m1/s1. The molecule has 0 spiro atoms. The van der Waals surface area contributed by atoms with E-state index in [0.717, 1.165) is 47.9 Å². The third-order valence-electron chi connectivity index (χ3n) is 9.97. The highest BCUT2D eigenvalue weighted by Gasteiger charge is 2.25. The van der Waals surface area contributed by atoms with Gasteiger partial charge in [0, 0.05) is 24.2 Å². The molecule has 0 amide bonds. The second-order valence-corrected chi connectivity index (χ2v) is 13.1. The summed E-state index contributed by atoms with van der Waals surface area (Å²) in [6, 6.07) is 22.8. The van der Waals surface area contributed by atoms with E-state index in [1.165, 1.54) is 44.5 Å². The molecule has 10 nitrogen and oxygen atoms in total. The number of hydrogen-bond acceptors (Lipinski definition) is 8. The van der Waals surface area contributed by atoms with Crippen LogP contribution in [-0.4, -0.2) is 71.9 Å². The number of aliphatic hydroxyl groups is 2. The number of benzene rings is 4. The summed E-state index contributed by atoms with van der Waals surface area (Å²) in [5.41, 5.74) is 13.8. The van der Waals surface area contributed by atoms with Crippen LogP contribution in [0.3, 0.4) is 0 Å². The summed E-state index contributed by atoms with van der Waals surface area (Å²) >= 11 is 0. The first-order chi connectivity index (χ1) is 25.2. The molecule has 0 fully saturated rings. The van der Waals surface area contributed by atoms with Crippen molar-refractivity contribution in [3.05, 3.63) is 117 Å². The second-order valence-electron chi connectivity index (χ2n) is 13.1. The van der Waals surface area contributed by atoms with E-state index < -0.39 is 37.2 Å². The summed E-state index contributed by atoms with van der Waals surface area (Å²) in [6.45, 7) is -0.488. The number of carboxylic acids is 2. The van der Waals surface area contributed by atoms with Crippen LogP contribution in [0.5, 0.6) is 11.5 Å². The van der Waals surface area contributed by atoms with Gasteiger partial charge < -0.3 is 29.9 Å². The largest absolute Gasteiger partial charge is 0.496 e. The summed E-state index contributed by atoms with van der Waals surface area (Å²) in [4.78, 5) is 22.6. The lowest BCUT2D eigenvalue weighted by atomic mass is 9.91. The van der Waals surface area contributed by atoms with Crippen LogP contribution in [0.15, 0.2) is 72.8 Å². The molecular weight excluding hydrogens is 660 g/mol. The highest BCUT2D eigenvalue weighted by atomic mass is 16.5. The van der Waals surface area contributed by atoms with Crippen LogP contribution in [0, 0.1) is 0 Å². The molecule has 2 aliphatic rings. The van der Waals surface area contributed by atoms with Crippen molar-refractivity contribution in [3.8, 4) is 22.6 Å². The van der Waals surface area contributed by atoms with E-state index in [4.69, 9.17) is 9.47 Å². The Bertz CT molecular complexity index is 1890. The number of fused-ring (bicyclic) bond motifs is 2. The van der Waals surface area contributed by atoms with Gasteiger partial charge in [-0.2, -0.15) is 0 Å². The highest BCUT2D eigenvalue weighted by Crippen LogP contribution is 2.44. The lowest BCUT2D eigenvalue weighted by molar-refractivity contribution is -0.141. The number of hydrogen-bond donors (Lipinski definition) is 6. The fourth-order valence-corrected chi connectivity index (χ4v) is 7.23. The minimum Gasteiger partial charge on any atom is -0.496 e. The maximum absolute atomic E-state index is 11.3. The van der Waals surface area contributed by atoms with E-state index in [0.29, 0.717) is 11.5 Å². The Kier molecular flexibility index (Phi) is 11.5. The average molecular weight is 705 g/mol. The number of nitrogens with one attached hydrogen (secondary N) is 2. The van der Waals surface area contributed by atoms with Gasteiger partial charge in [-0.05, 0) is 93.5 Å². The van der Waals surface area contributed by atoms with Gasteiger partial charge in [0.2, 0.25) is 0 Å². The highest BCUT2D eigenvalue weighted by molar-refractivity contribution is 5.93. The molecule has 270 valence electrons. The molecule has 6 N–H and O–H groups in total. The Morgan fingerprint density at radius 1 is 0.635 bits per heavy atom. The maximum Gasteiger partial charge on any atom is 0.323 e. The molecule has 4 aromatic carbocycles. The number of carbonyl (C=O) groups is 2. The van der Waals surface area contributed by atoms with E-state index in [2.05, 4.69) is 59.2 Å². The van der Waals surface area contributed by atoms with Crippen molar-refractivity contribution in [3.63, 3.8) is 0 Å². The predicted octanol–water partition coefficient (Wildman–Crippen LogP) is 5.41. The SMILES string of the molecule is COc1cc(/C=C2\CCc3c2cccc3-c2cccc3c2CC/C3=C\c2ccc(CN[C@H](CO)C(=O)O)c(OC)c2)ccc1CN[C@H](CO)C(=O)O. The molecule has 0 saturated heterocycles. The topological polar surface area (TPSA) is 158 Å². The summed E-state index contributed by atoms with van der Waals surface area (Å²) in [5.74, 6) is -0.907. The van der Waals surface area contributed by atoms with Crippen molar-refractivity contribution >= 4 is 35.2 Å². The molecule has 52 heavy (non-hydrogen) atoms. The molecule has 0 saturated carbocycles. The van der Waals surface area contributed by atoms with Crippen LogP contribution in [0.2, 0.25) is 0 Å². The molecule has 0 aromatic heterocycles. The Labute approximate surface area is 303 Å². The van der Waals surface area contributed by atoms with Gasteiger partial charge in [0.15, 0.2) is 0 Å². The molecule has 0 heterocycles. The average Bonchev–Trinajstić information content (AvgIpc) is 3.76. The van der Waals surface area contributed by atoms with Gasteiger partial charge in [0.25, 0.3) is 0 Å². The van der Waals surface area contributed by atoms with Crippen LogP contribution in [0.25, 0.3) is 34.4 Å². The number of ether oxygens (including phenoxy) is 2. The van der Waals surface area contributed by atoms with Crippen molar-refractivity contribution in [2.24, 2.45) is 0 Å². The third-order valence-corrected chi connectivity index (χ3v) is 9.97. The van der Waals surface area contributed by atoms with Gasteiger partial charge in [0.1, 0.15) is 23.6 Å². The van der Waals surface area contributed by atoms with E-state index in [-0.39, 0.29) is 13.1 Å². The minimum absolute atomic E-state index is 0.253. The molecule has 0 radical (unpaired) electrons. The Hall–Kier alpha value is -5.26. The van der Waals surface area contributed by atoms with Crippen molar-refractivity contribution in [2.45, 2.75) is 50.9 Å². The fraction of sp³-hybridized carbons (Fsp3) is 0.286. The van der Waals surface area contributed by atoms with Gasteiger partial charge >= 0.3 is 11.9 Å². The maximum atomic E-state index is 11.3. The molecule has 4 aromatic rings.